The maximum Gasteiger partial charge on any atom is 0.123 e. The maximum atomic E-state index is 13.1. The summed E-state index contributed by atoms with van der Waals surface area (Å²) in [6.45, 7) is 2.40. The zero-order valence-corrected chi connectivity index (χ0v) is 12.1. The highest BCUT2D eigenvalue weighted by molar-refractivity contribution is 5.27. The van der Waals surface area contributed by atoms with Crippen molar-refractivity contribution < 1.29 is 4.39 Å². The molecular weight excluding hydrogens is 251 g/mol. The number of nitrogens with one attached hydrogen (secondary N) is 1. The van der Waals surface area contributed by atoms with Gasteiger partial charge in [-0.3, -0.25) is 0 Å². The Morgan fingerprint density at radius 3 is 2.40 bits per heavy atom. The number of hydrogen-bond donors (Lipinski definition) is 1. The summed E-state index contributed by atoms with van der Waals surface area (Å²) >= 11 is 0. The van der Waals surface area contributed by atoms with Crippen LogP contribution in [0.5, 0.6) is 0 Å². The molecule has 0 radical (unpaired) electrons. The highest BCUT2D eigenvalue weighted by Gasteiger charge is 2.03. The molecule has 0 spiro atoms. The van der Waals surface area contributed by atoms with Crippen molar-refractivity contribution >= 4 is 0 Å². The molecule has 2 aromatic rings. The van der Waals surface area contributed by atoms with Crippen LogP contribution in [0.4, 0.5) is 4.39 Å². The van der Waals surface area contributed by atoms with Crippen LogP contribution in [0.15, 0.2) is 48.5 Å². The van der Waals surface area contributed by atoms with Gasteiger partial charge < -0.3 is 10.2 Å². The molecule has 0 heterocycles. The minimum atomic E-state index is -0.183. The summed E-state index contributed by atoms with van der Waals surface area (Å²) in [5.74, 6) is -0.183. The van der Waals surface area contributed by atoms with Crippen LogP contribution >= 0.6 is 0 Å². The third-order valence-electron chi connectivity index (χ3n) is 3.14. The smallest absolute Gasteiger partial charge is 0.123 e. The van der Waals surface area contributed by atoms with E-state index in [0.717, 1.165) is 18.7 Å². The quantitative estimate of drug-likeness (QED) is 0.869. The van der Waals surface area contributed by atoms with Crippen LogP contribution in [0.25, 0.3) is 0 Å². The van der Waals surface area contributed by atoms with Crippen molar-refractivity contribution in [3.8, 4) is 0 Å². The lowest BCUT2D eigenvalue weighted by molar-refractivity contribution is 0.400. The molecule has 106 valence electrons. The van der Waals surface area contributed by atoms with Gasteiger partial charge in [0.05, 0.1) is 0 Å². The van der Waals surface area contributed by atoms with E-state index in [1.165, 1.54) is 17.2 Å². The van der Waals surface area contributed by atoms with Gasteiger partial charge in [0.15, 0.2) is 0 Å². The summed E-state index contributed by atoms with van der Waals surface area (Å²) in [4.78, 5) is 2.16. The van der Waals surface area contributed by atoms with Crippen LogP contribution in [0.3, 0.4) is 0 Å². The van der Waals surface area contributed by atoms with Gasteiger partial charge in [0.2, 0.25) is 0 Å². The molecule has 0 saturated carbocycles. The monoisotopic (exact) mass is 272 g/mol. The number of halogens is 1. The Kier molecular flexibility index (Phi) is 5.27. The van der Waals surface area contributed by atoms with Crippen molar-refractivity contribution in [1.29, 1.82) is 0 Å². The number of benzene rings is 2. The van der Waals surface area contributed by atoms with Gasteiger partial charge in [0, 0.05) is 19.6 Å². The van der Waals surface area contributed by atoms with Crippen molar-refractivity contribution in [3.63, 3.8) is 0 Å². The first-order valence-corrected chi connectivity index (χ1v) is 6.82. The van der Waals surface area contributed by atoms with Gasteiger partial charge >= 0.3 is 0 Å². The van der Waals surface area contributed by atoms with Gasteiger partial charge in [0.1, 0.15) is 5.82 Å². The molecule has 2 nitrogen and oxygen atoms in total. The molecule has 0 aromatic heterocycles. The van der Waals surface area contributed by atoms with E-state index in [0.29, 0.717) is 6.54 Å². The predicted molar refractivity (Wildman–Crippen MR) is 80.8 cm³/mol. The van der Waals surface area contributed by atoms with Crippen molar-refractivity contribution in [2.45, 2.75) is 19.6 Å². The molecule has 0 amide bonds. The second kappa shape index (κ2) is 7.17. The molecule has 1 N–H and O–H groups in total. The second-order valence-electron chi connectivity index (χ2n) is 5.24. The van der Waals surface area contributed by atoms with Crippen molar-refractivity contribution in [1.82, 2.24) is 10.2 Å². The molecular formula is C17H21FN2. The highest BCUT2D eigenvalue weighted by atomic mass is 19.1. The minimum absolute atomic E-state index is 0.183. The van der Waals surface area contributed by atoms with Crippen LogP contribution in [0, 0.1) is 5.82 Å². The standard InChI is InChI=1S/C17H21FN2/c1-20(2)13-16-8-4-3-7-15(16)12-19-11-14-6-5-9-17(18)10-14/h3-10,19H,11-13H2,1-2H3. The first-order chi connectivity index (χ1) is 9.65. The van der Waals surface area contributed by atoms with Crippen LogP contribution in [0.1, 0.15) is 16.7 Å². The van der Waals surface area contributed by atoms with Crippen LogP contribution in [-0.2, 0) is 19.6 Å². The zero-order chi connectivity index (χ0) is 14.4. The molecule has 0 unspecified atom stereocenters. The largest absolute Gasteiger partial charge is 0.309 e. The first-order valence-electron chi connectivity index (χ1n) is 6.82. The fourth-order valence-corrected chi connectivity index (χ4v) is 2.21. The maximum absolute atomic E-state index is 13.1. The summed E-state index contributed by atoms with van der Waals surface area (Å²) in [5.41, 5.74) is 3.58. The number of rotatable bonds is 6. The molecule has 0 aliphatic heterocycles. The lowest BCUT2D eigenvalue weighted by Gasteiger charge is -2.14. The Hall–Kier alpha value is -1.71. The summed E-state index contributed by atoms with van der Waals surface area (Å²) < 4.78 is 13.1. The van der Waals surface area contributed by atoms with E-state index in [4.69, 9.17) is 0 Å². The third-order valence-corrected chi connectivity index (χ3v) is 3.14. The first kappa shape index (κ1) is 14.7. The molecule has 0 atom stereocenters. The Bertz CT molecular complexity index is 552. The summed E-state index contributed by atoms with van der Waals surface area (Å²) in [6, 6.07) is 15.1. The molecule has 2 aromatic carbocycles. The van der Waals surface area contributed by atoms with Gasteiger partial charge in [-0.1, -0.05) is 36.4 Å². The molecule has 3 heteroatoms. The summed E-state index contributed by atoms with van der Waals surface area (Å²) in [7, 11) is 4.13. The van der Waals surface area contributed by atoms with Crippen molar-refractivity contribution in [2.24, 2.45) is 0 Å². The predicted octanol–water partition coefficient (Wildman–Crippen LogP) is 3.18. The molecule has 0 saturated heterocycles. The average Bonchev–Trinajstić information content (AvgIpc) is 2.40. The average molecular weight is 272 g/mol. The normalized spacial score (nSPS) is 11.0. The van der Waals surface area contributed by atoms with Crippen LogP contribution in [-0.4, -0.2) is 19.0 Å². The zero-order valence-electron chi connectivity index (χ0n) is 12.1. The molecule has 2 rings (SSSR count). The SMILES string of the molecule is CN(C)Cc1ccccc1CNCc1cccc(F)c1. The van der Waals surface area contributed by atoms with E-state index in [1.54, 1.807) is 12.1 Å². The van der Waals surface area contributed by atoms with E-state index in [1.807, 2.05) is 6.07 Å². The Morgan fingerprint density at radius 1 is 0.950 bits per heavy atom. The van der Waals surface area contributed by atoms with E-state index in [2.05, 4.69) is 48.6 Å². The Morgan fingerprint density at radius 2 is 1.70 bits per heavy atom. The van der Waals surface area contributed by atoms with Gasteiger partial charge in [-0.15, -0.1) is 0 Å². The second-order valence-corrected chi connectivity index (χ2v) is 5.24. The highest BCUT2D eigenvalue weighted by Crippen LogP contribution is 2.11. The summed E-state index contributed by atoms with van der Waals surface area (Å²) in [6.07, 6.45) is 0. The minimum Gasteiger partial charge on any atom is -0.309 e. The van der Waals surface area contributed by atoms with Gasteiger partial charge in [-0.2, -0.15) is 0 Å². The van der Waals surface area contributed by atoms with Crippen molar-refractivity contribution in [2.75, 3.05) is 14.1 Å². The fourth-order valence-electron chi connectivity index (χ4n) is 2.21. The van der Waals surface area contributed by atoms with E-state index in [-0.39, 0.29) is 5.82 Å². The molecule has 0 aliphatic carbocycles. The van der Waals surface area contributed by atoms with E-state index < -0.39 is 0 Å². The molecule has 20 heavy (non-hydrogen) atoms. The van der Waals surface area contributed by atoms with Gasteiger partial charge in [-0.05, 0) is 42.9 Å². The number of hydrogen-bond acceptors (Lipinski definition) is 2. The number of nitrogens with zero attached hydrogens (tertiary/aromatic N) is 1. The van der Waals surface area contributed by atoms with Gasteiger partial charge in [-0.25, -0.2) is 4.39 Å². The van der Waals surface area contributed by atoms with Gasteiger partial charge in [0.25, 0.3) is 0 Å². The van der Waals surface area contributed by atoms with Crippen LogP contribution < -0.4 is 5.32 Å². The molecule has 0 bridgehead atoms. The molecule has 0 aliphatic rings. The summed E-state index contributed by atoms with van der Waals surface area (Å²) in [5, 5.41) is 3.37. The Labute approximate surface area is 120 Å². The fraction of sp³-hybridized carbons (Fsp3) is 0.294. The van der Waals surface area contributed by atoms with Crippen molar-refractivity contribution in [3.05, 3.63) is 71.0 Å². The lowest BCUT2D eigenvalue weighted by atomic mass is 10.1. The van der Waals surface area contributed by atoms with E-state index in [9.17, 15) is 4.39 Å². The third kappa shape index (κ3) is 4.44. The van der Waals surface area contributed by atoms with Crippen LogP contribution in [0.2, 0.25) is 0 Å². The topological polar surface area (TPSA) is 15.3 Å². The van der Waals surface area contributed by atoms with E-state index >= 15 is 0 Å². The Balaban J connectivity index is 1.94. The molecule has 0 fully saturated rings. The lowest BCUT2D eigenvalue weighted by Crippen LogP contribution is -2.17.